The van der Waals surface area contributed by atoms with Crippen LogP contribution in [0.2, 0.25) is 10.0 Å². The maximum atomic E-state index is 9.46. The fraction of sp³-hybridized carbons (Fsp3) is 0.167. The molecule has 2 rings (SSSR count). The number of nitrogens with one attached hydrogen (secondary N) is 1. The second-order valence-electron chi connectivity index (χ2n) is 3.67. The van der Waals surface area contributed by atoms with Crippen LogP contribution in [-0.2, 0) is 0 Å². The van der Waals surface area contributed by atoms with E-state index in [1.165, 1.54) is 4.88 Å². The lowest BCUT2D eigenvalue weighted by Crippen LogP contribution is -2.04. The first kappa shape index (κ1) is 12.6. The minimum atomic E-state index is -0.0809. The Labute approximate surface area is 114 Å². The van der Waals surface area contributed by atoms with Gasteiger partial charge < -0.3 is 10.4 Å². The van der Waals surface area contributed by atoms with E-state index in [2.05, 4.69) is 18.3 Å². The maximum Gasteiger partial charge on any atom is 0.152 e. The molecule has 1 aromatic heterocycles. The molecule has 0 radical (unpaired) electrons. The monoisotopic (exact) mass is 287 g/mol. The summed E-state index contributed by atoms with van der Waals surface area (Å²) >= 11 is 13.4. The molecule has 0 bridgehead atoms. The average molecular weight is 288 g/mol. The minimum absolute atomic E-state index is 0.0809. The third-order valence-electron chi connectivity index (χ3n) is 2.37. The van der Waals surface area contributed by atoms with Crippen LogP contribution in [0.1, 0.15) is 17.8 Å². The van der Waals surface area contributed by atoms with Crippen molar-refractivity contribution in [3.63, 3.8) is 0 Å². The Kier molecular flexibility index (Phi) is 3.82. The molecular formula is C12H11Cl2NOS. The summed E-state index contributed by atoms with van der Waals surface area (Å²) in [5.41, 5.74) is 0.790. The quantitative estimate of drug-likeness (QED) is 0.784. The van der Waals surface area contributed by atoms with E-state index in [1.807, 2.05) is 11.4 Å². The Morgan fingerprint density at radius 2 is 1.94 bits per heavy atom. The van der Waals surface area contributed by atoms with Crippen LogP contribution in [0.25, 0.3) is 0 Å². The molecule has 1 heterocycles. The number of halogens is 2. The van der Waals surface area contributed by atoms with Crippen molar-refractivity contribution in [2.24, 2.45) is 0 Å². The summed E-state index contributed by atoms with van der Waals surface area (Å²) in [6.45, 7) is 2.06. The van der Waals surface area contributed by atoms with E-state index in [1.54, 1.807) is 23.5 Å². The molecule has 1 atom stereocenters. The third kappa shape index (κ3) is 2.86. The molecule has 0 saturated carbocycles. The first-order chi connectivity index (χ1) is 8.08. The van der Waals surface area contributed by atoms with Crippen LogP contribution in [-0.4, -0.2) is 5.11 Å². The van der Waals surface area contributed by atoms with Gasteiger partial charge in [0.15, 0.2) is 5.75 Å². The van der Waals surface area contributed by atoms with Crippen LogP contribution in [0, 0.1) is 0 Å². The smallest absolute Gasteiger partial charge is 0.152 e. The lowest BCUT2D eigenvalue weighted by Gasteiger charge is -2.14. The van der Waals surface area contributed by atoms with E-state index in [0.717, 1.165) is 5.69 Å². The predicted octanol–water partition coefficient (Wildman–Crippen LogP) is 4.93. The van der Waals surface area contributed by atoms with Crippen molar-refractivity contribution in [2.75, 3.05) is 5.32 Å². The highest BCUT2D eigenvalue weighted by Gasteiger charge is 2.10. The molecule has 0 saturated heterocycles. The Morgan fingerprint density at radius 1 is 1.29 bits per heavy atom. The molecule has 0 fully saturated rings. The van der Waals surface area contributed by atoms with Crippen molar-refractivity contribution in [2.45, 2.75) is 13.0 Å². The van der Waals surface area contributed by atoms with E-state index < -0.39 is 0 Å². The average Bonchev–Trinajstić information content (AvgIpc) is 2.79. The van der Waals surface area contributed by atoms with Gasteiger partial charge in [-0.2, -0.15) is 0 Å². The summed E-state index contributed by atoms with van der Waals surface area (Å²) in [7, 11) is 0. The van der Waals surface area contributed by atoms with E-state index >= 15 is 0 Å². The normalized spacial score (nSPS) is 12.4. The first-order valence-electron chi connectivity index (χ1n) is 5.06. The first-order valence-corrected chi connectivity index (χ1v) is 6.69. The maximum absolute atomic E-state index is 9.46. The highest BCUT2D eigenvalue weighted by atomic mass is 35.5. The molecule has 2 N–H and O–H groups in total. The van der Waals surface area contributed by atoms with Crippen LogP contribution in [0.4, 0.5) is 5.69 Å². The van der Waals surface area contributed by atoms with E-state index in [-0.39, 0.29) is 21.8 Å². The molecular weight excluding hydrogens is 277 g/mol. The van der Waals surface area contributed by atoms with Gasteiger partial charge in [0.2, 0.25) is 0 Å². The van der Waals surface area contributed by atoms with Gasteiger partial charge in [0.05, 0.1) is 16.1 Å². The number of phenolic OH excluding ortho intramolecular Hbond substituents is 1. The molecule has 90 valence electrons. The van der Waals surface area contributed by atoms with Crippen molar-refractivity contribution in [3.8, 4) is 5.75 Å². The second-order valence-corrected chi connectivity index (χ2v) is 5.46. The van der Waals surface area contributed by atoms with Gasteiger partial charge in [0.25, 0.3) is 0 Å². The van der Waals surface area contributed by atoms with Crippen molar-refractivity contribution >= 4 is 40.2 Å². The molecule has 17 heavy (non-hydrogen) atoms. The number of hydrogen-bond donors (Lipinski definition) is 2. The summed E-state index contributed by atoms with van der Waals surface area (Å²) in [6, 6.07) is 7.56. The van der Waals surface area contributed by atoms with Crippen molar-refractivity contribution in [1.29, 1.82) is 0 Å². The number of thiophene rings is 1. The molecule has 0 aliphatic rings. The summed E-state index contributed by atoms with van der Waals surface area (Å²) in [4.78, 5) is 1.23. The van der Waals surface area contributed by atoms with Gasteiger partial charge in [0, 0.05) is 10.6 Å². The van der Waals surface area contributed by atoms with Gasteiger partial charge in [-0.25, -0.2) is 0 Å². The van der Waals surface area contributed by atoms with Crippen LogP contribution in [0.15, 0.2) is 29.6 Å². The van der Waals surface area contributed by atoms with Crippen LogP contribution < -0.4 is 5.32 Å². The van der Waals surface area contributed by atoms with Crippen molar-refractivity contribution in [3.05, 3.63) is 44.6 Å². The zero-order chi connectivity index (χ0) is 12.4. The van der Waals surface area contributed by atoms with Crippen LogP contribution >= 0.6 is 34.5 Å². The molecule has 0 spiro atoms. The van der Waals surface area contributed by atoms with Crippen LogP contribution in [0.5, 0.6) is 5.75 Å². The number of phenols is 1. The Balaban J connectivity index is 2.19. The number of benzene rings is 1. The van der Waals surface area contributed by atoms with Gasteiger partial charge in [-0.15, -0.1) is 11.3 Å². The molecule has 0 amide bonds. The highest BCUT2D eigenvalue weighted by molar-refractivity contribution is 7.10. The zero-order valence-corrected chi connectivity index (χ0v) is 11.4. The predicted molar refractivity (Wildman–Crippen MR) is 74.5 cm³/mol. The van der Waals surface area contributed by atoms with Gasteiger partial charge in [-0.3, -0.25) is 0 Å². The summed E-state index contributed by atoms with van der Waals surface area (Å²) in [5.74, 6) is -0.0809. The van der Waals surface area contributed by atoms with Gasteiger partial charge in [0.1, 0.15) is 0 Å². The van der Waals surface area contributed by atoms with Gasteiger partial charge in [-0.1, -0.05) is 29.3 Å². The lowest BCUT2D eigenvalue weighted by molar-refractivity contribution is 0.476. The summed E-state index contributed by atoms with van der Waals surface area (Å²) in [5, 5.41) is 15.3. The standard InChI is InChI=1S/C12H11Cl2NOS/c1-7(11-3-2-4-17-11)15-8-5-9(13)12(16)10(14)6-8/h2-7,15-16H,1H3. The molecule has 0 aliphatic heterocycles. The SMILES string of the molecule is CC(Nc1cc(Cl)c(O)c(Cl)c1)c1cccs1. The second kappa shape index (κ2) is 5.17. The number of hydrogen-bond acceptors (Lipinski definition) is 3. The molecule has 2 nitrogen and oxygen atoms in total. The lowest BCUT2D eigenvalue weighted by atomic mass is 10.2. The Morgan fingerprint density at radius 3 is 2.47 bits per heavy atom. The molecule has 0 aliphatic carbocycles. The molecule has 2 aromatic rings. The van der Waals surface area contributed by atoms with E-state index in [9.17, 15) is 5.11 Å². The fourth-order valence-electron chi connectivity index (χ4n) is 1.51. The minimum Gasteiger partial charge on any atom is -0.505 e. The molecule has 1 unspecified atom stereocenters. The Hall–Kier alpha value is -0.900. The van der Waals surface area contributed by atoms with Gasteiger partial charge in [-0.05, 0) is 30.5 Å². The zero-order valence-electron chi connectivity index (χ0n) is 9.08. The molecule has 1 aromatic carbocycles. The van der Waals surface area contributed by atoms with E-state index in [0.29, 0.717) is 0 Å². The number of rotatable bonds is 3. The fourth-order valence-corrected chi connectivity index (χ4v) is 2.73. The topological polar surface area (TPSA) is 32.3 Å². The number of anilines is 1. The summed E-state index contributed by atoms with van der Waals surface area (Å²) < 4.78 is 0. The van der Waals surface area contributed by atoms with Crippen molar-refractivity contribution in [1.82, 2.24) is 0 Å². The Bertz CT molecular complexity index is 490. The molecule has 5 heteroatoms. The summed E-state index contributed by atoms with van der Waals surface area (Å²) in [6.07, 6.45) is 0. The largest absolute Gasteiger partial charge is 0.505 e. The third-order valence-corrected chi connectivity index (χ3v) is 4.00. The number of aromatic hydroxyl groups is 1. The highest BCUT2D eigenvalue weighted by Crippen LogP contribution is 2.35. The van der Waals surface area contributed by atoms with E-state index in [4.69, 9.17) is 23.2 Å². The van der Waals surface area contributed by atoms with Crippen molar-refractivity contribution < 1.29 is 5.11 Å². The van der Waals surface area contributed by atoms with Crippen LogP contribution in [0.3, 0.4) is 0 Å². The van der Waals surface area contributed by atoms with Gasteiger partial charge >= 0.3 is 0 Å².